The second-order valence-electron chi connectivity index (χ2n) is 9.43. The van der Waals surface area contributed by atoms with Crippen LogP contribution in [0.3, 0.4) is 0 Å². The molecule has 8 heteroatoms. The van der Waals surface area contributed by atoms with Crippen LogP contribution in [0.15, 0.2) is 108 Å². The highest BCUT2D eigenvalue weighted by molar-refractivity contribution is 6.12. The Morgan fingerprint density at radius 3 is 2.24 bits per heavy atom. The molecule has 1 amide bonds. The Kier molecular flexibility index (Phi) is 5.84. The average molecular weight is 504 g/mol. The number of para-hydroxylation sites is 2. The van der Waals surface area contributed by atoms with Gasteiger partial charge in [-0.1, -0.05) is 54.6 Å². The zero-order valence-corrected chi connectivity index (χ0v) is 20.8. The predicted molar refractivity (Wildman–Crippen MR) is 149 cm³/mol. The molecule has 4 aromatic rings. The van der Waals surface area contributed by atoms with Gasteiger partial charge in [-0.3, -0.25) is 24.8 Å². The molecule has 0 aliphatic carbocycles. The molecule has 1 atom stereocenters. The number of rotatable bonds is 5. The summed E-state index contributed by atoms with van der Waals surface area (Å²) in [7, 11) is 1.98. The Morgan fingerprint density at radius 1 is 0.842 bits per heavy atom. The van der Waals surface area contributed by atoms with E-state index in [-0.39, 0.29) is 22.6 Å². The molecule has 2 heterocycles. The number of carbonyl (C=O) groups is 1. The van der Waals surface area contributed by atoms with Crippen LogP contribution >= 0.6 is 0 Å². The topological polar surface area (TPSA) is 82.3 Å². The Balaban J connectivity index is 1.29. The molecule has 8 nitrogen and oxygen atoms in total. The van der Waals surface area contributed by atoms with Crippen molar-refractivity contribution < 1.29 is 9.72 Å². The van der Waals surface area contributed by atoms with Crippen molar-refractivity contribution in [3.8, 4) is 0 Å². The first-order valence-electron chi connectivity index (χ1n) is 12.4. The Labute approximate surface area is 220 Å². The lowest BCUT2D eigenvalue weighted by atomic mass is 9.97. The van der Waals surface area contributed by atoms with Crippen LogP contribution in [0.25, 0.3) is 0 Å². The van der Waals surface area contributed by atoms with E-state index in [2.05, 4.69) is 4.90 Å². The Bertz CT molecular complexity index is 1530. The average Bonchev–Trinajstić information content (AvgIpc) is 3.41. The summed E-state index contributed by atoms with van der Waals surface area (Å²) in [5.41, 5.74) is 6.30. The van der Waals surface area contributed by atoms with E-state index in [1.54, 1.807) is 17.0 Å². The molecular formula is C30H25N5O3. The molecule has 38 heavy (non-hydrogen) atoms. The lowest BCUT2D eigenvalue weighted by Gasteiger charge is -2.35. The van der Waals surface area contributed by atoms with Gasteiger partial charge >= 0.3 is 0 Å². The van der Waals surface area contributed by atoms with Gasteiger partial charge in [0.15, 0.2) is 0 Å². The fourth-order valence-corrected chi connectivity index (χ4v) is 5.10. The van der Waals surface area contributed by atoms with Crippen molar-refractivity contribution >= 4 is 34.4 Å². The minimum atomic E-state index is -0.389. The number of benzene rings is 4. The highest BCUT2D eigenvalue weighted by atomic mass is 16.6. The van der Waals surface area contributed by atoms with Crippen LogP contribution in [0.1, 0.15) is 33.9 Å². The molecule has 4 aromatic carbocycles. The second-order valence-corrected chi connectivity index (χ2v) is 9.43. The quantitative estimate of drug-likeness (QED) is 0.246. The van der Waals surface area contributed by atoms with Gasteiger partial charge in [0.2, 0.25) is 0 Å². The van der Waals surface area contributed by atoms with Crippen molar-refractivity contribution in [1.82, 2.24) is 0 Å². The number of carbonyl (C=O) groups excluding carboxylic acids is 1. The minimum Gasteiger partial charge on any atom is -0.356 e. The third-order valence-electron chi connectivity index (χ3n) is 7.08. The molecule has 0 N–H and O–H groups in total. The van der Waals surface area contributed by atoms with Gasteiger partial charge in [-0.15, -0.1) is 0 Å². The van der Waals surface area contributed by atoms with E-state index < -0.39 is 0 Å². The maximum Gasteiger partial charge on any atom is 0.269 e. The normalized spacial score (nSPS) is 16.9. The van der Waals surface area contributed by atoms with Gasteiger partial charge in [0.1, 0.15) is 0 Å². The van der Waals surface area contributed by atoms with Crippen molar-refractivity contribution in [1.29, 1.82) is 0 Å². The molecule has 0 saturated carbocycles. The van der Waals surface area contributed by atoms with E-state index in [0.717, 1.165) is 33.9 Å². The zero-order chi connectivity index (χ0) is 26.2. The highest BCUT2D eigenvalue weighted by Gasteiger charge is 2.31. The molecule has 0 saturated heterocycles. The van der Waals surface area contributed by atoms with Crippen molar-refractivity contribution in [2.75, 3.05) is 28.5 Å². The lowest BCUT2D eigenvalue weighted by Crippen LogP contribution is -2.45. The van der Waals surface area contributed by atoms with Gasteiger partial charge in [-0.05, 0) is 47.5 Å². The molecule has 0 radical (unpaired) electrons. The summed E-state index contributed by atoms with van der Waals surface area (Å²) < 4.78 is 0. The van der Waals surface area contributed by atoms with Gasteiger partial charge < -0.3 is 4.90 Å². The molecule has 0 spiro atoms. The first kappa shape index (κ1) is 23.4. The van der Waals surface area contributed by atoms with Crippen LogP contribution in [0.5, 0.6) is 0 Å². The number of amides is 1. The van der Waals surface area contributed by atoms with Crippen LogP contribution in [0.4, 0.5) is 22.7 Å². The van der Waals surface area contributed by atoms with E-state index in [1.165, 1.54) is 12.1 Å². The first-order chi connectivity index (χ1) is 18.5. The number of fused-ring (bicyclic) bond motifs is 1. The molecule has 6 rings (SSSR count). The monoisotopic (exact) mass is 503 g/mol. The molecule has 2 aliphatic rings. The predicted octanol–water partition coefficient (Wildman–Crippen LogP) is 6.00. The standard InChI is InChI=1S/C30H25N5O3/c1-32-20-33(30(36)26-9-5-6-10-28(26)32)23-15-11-21(12-16-23)27-19-29(22-13-17-25(18-14-22)35(37)38)34(31-27)24-7-3-2-4-8-24/h2-18,29H,19-20H2,1H3. The molecular weight excluding hydrogens is 478 g/mol. The largest absolute Gasteiger partial charge is 0.356 e. The SMILES string of the molecule is CN1CN(c2ccc(C3=NN(c4ccccc4)C(c4ccc([N+](=O)[O-])cc4)C3)cc2)C(=O)c2ccccc21. The van der Waals surface area contributed by atoms with Gasteiger partial charge in [-0.2, -0.15) is 5.10 Å². The van der Waals surface area contributed by atoms with E-state index in [1.807, 2.05) is 90.9 Å². The van der Waals surface area contributed by atoms with E-state index in [4.69, 9.17) is 5.10 Å². The maximum atomic E-state index is 13.2. The van der Waals surface area contributed by atoms with Crippen LogP contribution < -0.4 is 14.8 Å². The summed E-state index contributed by atoms with van der Waals surface area (Å²) >= 11 is 0. The smallest absolute Gasteiger partial charge is 0.269 e. The maximum absolute atomic E-state index is 13.2. The Morgan fingerprint density at radius 2 is 1.53 bits per heavy atom. The third kappa shape index (κ3) is 4.16. The number of nitro benzene ring substituents is 1. The van der Waals surface area contributed by atoms with Crippen LogP contribution in [0, 0.1) is 10.1 Å². The summed E-state index contributed by atoms with van der Waals surface area (Å²) in [5, 5.41) is 18.1. The van der Waals surface area contributed by atoms with Crippen LogP contribution in [-0.2, 0) is 0 Å². The molecule has 2 aliphatic heterocycles. The fourth-order valence-electron chi connectivity index (χ4n) is 5.10. The number of hydrogen-bond acceptors (Lipinski definition) is 6. The lowest BCUT2D eigenvalue weighted by molar-refractivity contribution is -0.384. The summed E-state index contributed by atoms with van der Waals surface area (Å²) in [6, 6.07) is 32.1. The van der Waals surface area contributed by atoms with Gasteiger partial charge in [0, 0.05) is 31.3 Å². The Hall–Kier alpha value is -4.98. The number of nitro groups is 1. The molecule has 0 bridgehead atoms. The first-order valence-corrected chi connectivity index (χ1v) is 12.4. The van der Waals surface area contributed by atoms with Crippen molar-refractivity contribution in [2.24, 2.45) is 5.10 Å². The number of hydrogen-bond donors (Lipinski definition) is 0. The number of nitrogens with zero attached hydrogens (tertiary/aromatic N) is 5. The second kappa shape index (κ2) is 9.48. The third-order valence-corrected chi connectivity index (χ3v) is 7.08. The number of anilines is 3. The van der Waals surface area contributed by atoms with E-state index in [9.17, 15) is 14.9 Å². The van der Waals surface area contributed by atoms with Crippen LogP contribution in [0.2, 0.25) is 0 Å². The highest BCUT2D eigenvalue weighted by Crippen LogP contribution is 2.37. The van der Waals surface area contributed by atoms with E-state index >= 15 is 0 Å². The molecule has 0 aromatic heterocycles. The van der Waals surface area contributed by atoms with Gasteiger partial charge in [0.05, 0.1) is 40.3 Å². The van der Waals surface area contributed by atoms with Gasteiger partial charge in [-0.25, -0.2) is 0 Å². The molecule has 1 unspecified atom stereocenters. The van der Waals surface area contributed by atoms with E-state index in [0.29, 0.717) is 18.7 Å². The summed E-state index contributed by atoms with van der Waals surface area (Å²) in [5.74, 6) is -0.0156. The van der Waals surface area contributed by atoms with Gasteiger partial charge in [0.25, 0.3) is 11.6 Å². The summed E-state index contributed by atoms with van der Waals surface area (Å²) in [6.45, 7) is 0.472. The summed E-state index contributed by atoms with van der Waals surface area (Å²) in [6.07, 6.45) is 0.644. The van der Waals surface area contributed by atoms with Crippen molar-refractivity contribution in [3.05, 3.63) is 130 Å². The fraction of sp³-hybridized carbons (Fsp3) is 0.133. The number of non-ortho nitro benzene ring substituents is 1. The van der Waals surface area contributed by atoms with Crippen molar-refractivity contribution in [2.45, 2.75) is 12.5 Å². The zero-order valence-electron chi connectivity index (χ0n) is 20.8. The summed E-state index contributed by atoms with van der Waals surface area (Å²) in [4.78, 5) is 27.8. The van der Waals surface area contributed by atoms with Crippen molar-refractivity contribution in [3.63, 3.8) is 0 Å². The number of hydrazone groups is 1. The minimum absolute atomic E-state index is 0.0156. The molecule has 188 valence electrons. The van der Waals surface area contributed by atoms with Crippen LogP contribution in [-0.4, -0.2) is 30.3 Å². The molecule has 0 fully saturated rings.